The number of aliphatic hydroxyl groups excluding tert-OH is 1. The lowest BCUT2D eigenvalue weighted by Crippen LogP contribution is -2.46. The first-order valence-electron chi connectivity index (χ1n) is 10.5. The van der Waals surface area contributed by atoms with E-state index in [1.807, 2.05) is 30.5 Å². The molecule has 2 aliphatic rings. The number of rotatable bonds is 8. The maximum atomic E-state index is 13.2. The number of methoxy groups -OCH3 is 1. The van der Waals surface area contributed by atoms with Gasteiger partial charge < -0.3 is 19.7 Å². The Morgan fingerprint density at radius 2 is 2.29 bits per heavy atom. The summed E-state index contributed by atoms with van der Waals surface area (Å²) in [5.74, 6) is -0.865. The third-order valence-electron chi connectivity index (χ3n) is 6.26. The molecule has 1 saturated heterocycles. The Hall–Kier alpha value is -2.33. The second-order valence-electron chi connectivity index (χ2n) is 7.90. The zero-order chi connectivity index (χ0) is 22.0. The van der Waals surface area contributed by atoms with Crippen LogP contribution in [0, 0.1) is 11.8 Å². The van der Waals surface area contributed by atoms with Gasteiger partial charge in [0.2, 0.25) is 5.91 Å². The predicted octanol–water partition coefficient (Wildman–Crippen LogP) is 1.26. The second-order valence-corrected chi connectivity index (χ2v) is 8.87. The minimum Gasteiger partial charge on any atom is -0.396 e. The summed E-state index contributed by atoms with van der Waals surface area (Å²) >= 11 is 1.57. The molecule has 1 fully saturated rings. The Kier molecular flexibility index (Phi) is 6.66. The van der Waals surface area contributed by atoms with Crippen molar-refractivity contribution in [3.8, 4) is 0 Å². The fraction of sp³-hybridized carbons (Fsp3) is 0.500. The van der Waals surface area contributed by atoms with Crippen LogP contribution in [-0.2, 0) is 22.6 Å². The van der Waals surface area contributed by atoms with Crippen molar-refractivity contribution in [2.45, 2.75) is 32.1 Å². The van der Waals surface area contributed by atoms with Crippen molar-refractivity contribution in [1.82, 2.24) is 19.8 Å². The number of nitrogens with one attached hydrogen (secondary N) is 1. The summed E-state index contributed by atoms with van der Waals surface area (Å²) in [5.41, 5.74) is 1.38. The number of pyridine rings is 1. The second kappa shape index (κ2) is 9.44. The summed E-state index contributed by atoms with van der Waals surface area (Å²) in [6, 6.07) is 3.32. The first kappa shape index (κ1) is 21.9. The standard InChI is InChI=1S/C22H28N4O4S/c1-3-4-14-5-6-16-20-19(21(28)24-7-9-30-2)15(13-27)17(11-26(16)22(14)29)25(20)12-18-23-8-10-31-18/h3-6,8,10,15,17,19-20,27H,7,9,11-13H2,1-2H3,(H,24,28)/b4-3-/t15-,17-,19+,20+/m1/s1. The highest BCUT2D eigenvalue weighted by molar-refractivity contribution is 7.09. The lowest BCUT2D eigenvalue weighted by molar-refractivity contribution is -0.127. The van der Waals surface area contributed by atoms with Crippen LogP contribution < -0.4 is 10.9 Å². The molecule has 31 heavy (non-hydrogen) atoms. The molecule has 0 aromatic carbocycles. The Morgan fingerprint density at radius 3 is 2.97 bits per heavy atom. The van der Waals surface area contributed by atoms with Crippen LogP contribution in [-0.4, -0.2) is 58.4 Å². The Balaban J connectivity index is 1.77. The van der Waals surface area contributed by atoms with Crippen molar-refractivity contribution >= 4 is 23.3 Å². The number of hydrogen-bond donors (Lipinski definition) is 2. The van der Waals surface area contributed by atoms with E-state index in [0.29, 0.717) is 31.8 Å². The van der Waals surface area contributed by atoms with E-state index in [9.17, 15) is 14.7 Å². The van der Waals surface area contributed by atoms with E-state index in [1.165, 1.54) is 0 Å². The third-order valence-corrected chi connectivity index (χ3v) is 7.02. The highest BCUT2D eigenvalue weighted by atomic mass is 32.1. The minimum atomic E-state index is -0.465. The number of amides is 1. The molecule has 0 radical (unpaired) electrons. The smallest absolute Gasteiger partial charge is 0.258 e. The van der Waals surface area contributed by atoms with Crippen LogP contribution in [0.4, 0.5) is 0 Å². The number of aliphatic hydroxyl groups is 1. The van der Waals surface area contributed by atoms with Gasteiger partial charge in [-0.1, -0.05) is 12.2 Å². The molecular weight excluding hydrogens is 416 g/mol. The van der Waals surface area contributed by atoms with Crippen molar-refractivity contribution in [1.29, 1.82) is 0 Å². The van der Waals surface area contributed by atoms with Crippen LogP contribution in [0.25, 0.3) is 6.08 Å². The van der Waals surface area contributed by atoms with Crippen molar-refractivity contribution in [2.75, 3.05) is 26.9 Å². The van der Waals surface area contributed by atoms with Crippen LogP contribution >= 0.6 is 11.3 Å². The highest BCUT2D eigenvalue weighted by Gasteiger charge is 2.55. The minimum absolute atomic E-state index is 0.0587. The number of hydrogen-bond acceptors (Lipinski definition) is 7. The summed E-state index contributed by atoms with van der Waals surface area (Å²) in [4.78, 5) is 33.0. The maximum Gasteiger partial charge on any atom is 0.258 e. The molecule has 4 rings (SSSR count). The molecule has 166 valence electrons. The molecule has 2 aliphatic heterocycles. The zero-order valence-electron chi connectivity index (χ0n) is 17.7. The van der Waals surface area contributed by atoms with E-state index in [-0.39, 0.29) is 36.1 Å². The van der Waals surface area contributed by atoms with E-state index < -0.39 is 5.92 Å². The summed E-state index contributed by atoms with van der Waals surface area (Å²) in [7, 11) is 1.59. The van der Waals surface area contributed by atoms with Crippen molar-refractivity contribution in [2.24, 2.45) is 11.8 Å². The van der Waals surface area contributed by atoms with Gasteiger partial charge in [0.25, 0.3) is 5.56 Å². The molecule has 4 atom stereocenters. The Bertz CT molecular complexity index is 1000. The summed E-state index contributed by atoms with van der Waals surface area (Å²) in [5, 5.41) is 16.1. The monoisotopic (exact) mass is 444 g/mol. The third kappa shape index (κ3) is 3.98. The fourth-order valence-corrected chi connectivity index (χ4v) is 5.57. The van der Waals surface area contributed by atoms with Gasteiger partial charge in [-0.3, -0.25) is 14.5 Å². The van der Waals surface area contributed by atoms with Gasteiger partial charge in [0.15, 0.2) is 0 Å². The van der Waals surface area contributed by atoms with Gasteiger partial charge in [-0.25, -0.2) is 4.98 Å². The molecule has 4 heterocycles. The number of thiazole rings is 1. The van der Waals surface area contributed by atoms with E-state index in [4.69, 9.17) is 4.74 Å². The molecule has 1 amide bonds. The van der Waals surface area contributed by atoms with E-state index in [0.717, 1.165) is 10.7 Å². The molecule has 0 spiro atoms. The lowest BCUT2D eigenvalue weighted by atomic mass is 9.86. The largest absolute Gasteiger partial charge is 0.396 e. The van der Waals surface area contributed by atoms with Gasteiger partial charge in [-0.05, 0) is 19.1 Å². The maximum absolute atomic E-state index is 13.2. The predicted molar refractivity (Wildman–Crippen MR) is 119 cm³/mol. The number of carbonyl (C=O) groups is 1. The van der Waals surface area contributed by atoms with E-state index in [2.05, 4.69) is 15.2 Å². The first-order chi connectivity index (χ1) is 15.1. The Labute approximate surface area is 185 Å². The summed E-state index contributed by atoms with van der Waals surface area (Å²) in [6.07, 6.45) is 5.42. The van der Waals surface area contributed by atoms with Crippen molar-refractivity contribution in [3.05, 3.63) is 56.4 Å². The number of carbonyl (C=O) groups excluding carboxylic acids is 1. The van der Waals surface area contributed by atoms with E-state index in [1.54, 1.807) is 35.3 Å². The van der Waals surface area contributed by atoms with Gasteiger partial charge in [-0.2, -0.15) is 0 Å². The molecule has 0 aliphatic carbocycles. The molecule has 9 heteroatoms. The van der Waals surface area contributed by atoms with Crippen LogP contribution in [0.5, 0.6) is 0 Å². The molecule has 0 unspecified atom stereocenters. The van der Waals surface area contributed by atoms with Crippen LogP contribution in [0.15, 0.2) is 34.6 Å². The van der Waals surface area contributed by atoms with Crippen LogP contribution in [0.3, 0.4) is 0 Å². The van der Waals surface area contributed by atoms with Crippen molar-refractivity contribution < 1.29 is 14.6 Å². The van der Waals surface area contributed by atoms with Crippen LogP contribution in [0.1, 0.15) is 29.2 Å². The summed E-state index contributed by atoms with van der Waals surface area (Å²) in [6.45, 7) is 3.60. The molecule has 2 aromatic rings. The van der Waals surface area contributed by atoms with Gasteiger partial charge >= 0.3 is 0 Å². The summed E-state index contributed by atoms with van der Waals surface area (Å²) < 4.78 is 6.85. The first-order valence-corrected chi connectivity index (χ1v) is 11.4. The molecule has 8 nitrogen and oxygen atoms in total. The average Bonchev–Trinajstić information content (AvgIpc) is 3.34. The van der Waals surface area contributed by atoms with Crippen LogP contribution in [0.2, 0.25) is 0 Å². The number of fused-ring (bicyclic) bond motifs is 4. The molecule has 0 saturated carbocycles. The number of nitrogens with zero attached hydrogens (tertiary/aromatic N) is 3. The lowest BCUT2D eigenvalue weighted by Gasteiger charge is -2.37. The van der Waals surface area contributed by atoms with E-state index >= 15 is 0 Å². The molecular formula is C22H28N4O4S. The fourth-order valence-electron chi connectivity index (χ4n) is 4.95. The number of ether oxygens (including phenoxy) is 1. The topological polar surface area (TPSA) is 96.7 Å². The average molecular weight is 445 g/mol. The van der Waals surface area contributed by atoms with Gasteiger partial charge in [0, 0.05) is 61.6 Å². The molecule has 2 N–H and O–H groups in total. The Morgan fingerprint density at radius 1 is 1.45 bits per heavy atom. The quantitative estimate of drug-likeness (QED) is 0.595. The molecule has 2 aromatic heterocycles. The normalized spacial score (nSPS) is 25.1. The SMILES string of the molecule is C/C=C\c1ccc2n(c1=O)C[C@@H]1[C@@H](CO)[C@H](C(=O)NCCOC)[C@H]2N1Cc1nccs1. The molecule has 2 bridgehead atoms. The van der Waals surface area contributed by atoms with Gasteiger partial charge in [0.05, 0.1) is 25.1 Å². The van der Waals surface area contributed by atoms with Gasteiger partial charge in [-0.15, -0.1) is 11.3 Å². The van der Waals surface area contributed by atoms with Gasteiger partial charge in [0.1, 0.15) is 5.01 Å². The zero-order valence-corrected chi connectivity index (χ0v) is 18.5. The van der Waals surface area contributed by atoms with Crippen molar-refractivity contribution in [3.63, 3.8) is 0 Å². The highest BCUT2D eigenvalue weighted by Crippen LogP contribution is 2.49. The number of allylic oxidation sites excluding steroid dienone is 1. The number of aromatic nitrogens is 2.